The minimum Gasteiger partial charge on any atom is -0.452 e. The lowest BCUT2D eigenvalue weighted by molar-refractivity contribution is -0.385. The van der Waals surface area contributed by atoms with Crippen LogP contribution in [0, 0.1) is 17.0 Å². The fraction of sp³-hybridized carbons (Fsp3) is 0.118. The first-order valence-corrected chi connectivity index (χ1v) is 7.93. The number of nitro groups is 1. The van der Waals surface area contributed by atoms with E-state index in [0.29, 0.717) is 5.56 Å². The van der Waals surface area contributed by atoms with E-state index in [0.717, 1.165) is 6.07 Å². The molecule has 2 aromatic carbocycles. The van der Waals surface area contributed by atoms with E-state index >= 15 is 0 Å². The van der Waals surface area contributed by atoms with Gasteiger partial charge >= 0.3 is 5.97 Å². The summed E-state index contributed by atoms with van der Waals surface area (Å²) in [5, 5.41) is 11.1. The third-order valence-corrected chi connectivity index (χ3v) is 3.74. The Hall–Kier alpha value is -3.46. The van der Waals surface area contributed by atoms with Gasteiger partial charge in [0, 0.05) is 11.6 Å². The molecule has 0 aliphatic rings. The molecule has 0 unspecified atom stereocenters. The van der Waals surface area contributed by atoms with E-state index in [9.17, 15) is 24.5 Å². The highest BCUT2D eigenvalue weighted by Gasteiger charge is 2.17. The third kappa shape index (κ3) is 5.25. The number of ether oxygens (including phenoxy) is 1. The summed E-state index contributed by atoms with van der Waals surface area (Å²) >= 11 is 5.86. The van der Waals surface area contributed by atoms with Crippen molar-refractivity contribution in [3.63, 3.8) is 0 Å². The first kappa shape index (κ1) is 19.9. The fourth-order valence-corrected chi connectivity index (χ4v) is 2.24. The molecule has 2 aromatic rings. The van der Waals surface area contributed by atoms with E-state index in [1.807, 2.05) is 0 Å². The average molecular weight is 392 g/mol. The molecule has 0 radical (unpaired) electrons. The number of esters is 1. The van der Waals surface area contributed by atoms with Gasteiger partial charge < -0.3 is 4.74 Å². The van der Waals surface area contributed by atoms with Crippen LogP contribution in [0.1, 0.15) is 26.3 Å². The molecular formula is C17H14ClN3O6. The van der Waals surface area contributed by atoms with Gasteiger partial charge in [-0.3, -0.25) is 30.6 Å². The topological polar surface area (TPSA) is 128 Å². The van der Waals surface area contributed by atoms with Gasteiger partial charge in [-0.1, -0.05) is 29.8 Å². The van der Waals surface area contributed by atoms with Gasteiger partial charge in [0.1, 0.15) is 0 Å². The highest BCUT2D eigenvalue weighted by atomic mass is 35.5. The van der Waals surface area contributed by atoms with Crippen molar-refractivity contribution < 1.29 is 24.0 Å². The minimum atomic E-state index is -0.911. The van der Waals surface area contributed by atoms with Gasteiger partial charge in [0.15, 0.2) is 6.61 Å². The van der Waals surface area contributed by atoms with Crippen molar-refractivity contribution in [3.8, 4) is 0 Å². The maximum Gasteiger partial charge on any atom is 0.338 e. The summed E-state index contributed by atoms with van der Waals surface area (Å²) in [5.41, 5.74) is 4.44. The number of carbonyl (C=O) groups excluding carboxylic acids is 3. The Morgan fingerprint density at radius 3 is 2.52 bits per heavy atom. The van der Waals surface area contributed by atoms with Crippen LogP contribution in [0.25, 0.3) is 0 Å². The Bertz CT molecular complexity index is 915. The Labute approximate surface area is 158 Å². The number of benzene rings is 2. The second-order valence-electron chi connectivity index (χ2n) is 5.32. The van der Waals surface area contributed by atoms with E-state index in [1.165, 1.54) is 31.2 Å². The van der Waals surface area contributed by atoms with Crippen molar-refractivity contribution in [1.82, 2.24) is 10.9 Å². The van der Waals surface area contributed by atoms with Crippen LogP contribution in [-0.2, 0) is 9.53 Å². The van der Waals surface area contributed by atoms with Gasteiger partial charge in [-0.25, -0.2) is 4.79 Å². The number of hydrazine groups is 1. The largest absolute Gasteiger partial charge is 0.452 e. The number of nitrogens with zero attached hydrogens (tertiary/aromatic N) is 1. The van der Waals surface area contributed by atoms with Crippen LogP contribution in [0.2, 0.25) is 5.02 Å². The molecule has 0 aliphatic carbocycles. The van der Waals surface area contributed by atoms with Crippen LogP contribution < -0.4 is 10.9 Å². The van der Waals surface area contributed by atoms with E-state index in [-0.39, 0.29) is 21.8 Å². The van der Waals surface area contributed by atoms with Crippen LogP contribution in [0.5, 0.6) is 0 Å². The number of rotatable bonds is 5. The predicted molar refractivity (Wildman–Crippen MR) is 95.2 cm³/mol. The van der Waals surface area contributed by atoms with Crippen LogP contribution >= 0.6 is 11.6 Å². The molecule has 9 nitrogen and oxygen atoms in total. The summed E-state index contributed by atoms with van der Waals surface area (Å²) in [6.45, 7) is 0.839. The summed E-state index contributed by atoms with van der Waals surface area (Å²) in [6, 6.07) is 10.0. The molecule has 0 fully saturated rings. The smallest absolute Gasteiger partial charge is 0.338 e. The lowest BCUT2D eigenvalue weighted by Gasteiger charge is -2.09. The number of carbonyl (C=O) groups is 3. The van der Waals surface area contributed by atoms with Crippen LogP contribution in [0.3, 0.4) is 0 Å². The van der Waals surface area contributed by atoms with Gasteiger partial charge in [0.2, 0.25) is 0 Å². The molecule has 0 aliphatic heterocycles. The van der Waals surface area contributed by atoms with Gasteiger partial charge in [-0.05, 0) is 25.1 Å². The lowest BCUT2D eigenvalue weighted by Crippen LogP contribution is -2.43. The second-order valence-corrected chi connectivity index (χ2v) is 5.72. The number of nitrogens with one attached hydrogen (secondary N) is 2. The SMILES string of the molecule is Cc1ccc(C(=O)OCC(=O)NNC(=O)c2ccccc2Cl)cc1[N+](=O)[O-]. The number of amides is 2. The highest BCUT2D eigenvalue weighted by Crippen LogP contribution is 2.19. The Balaban J connectivity index is 1.87. The van der Waals surface area contributed by atoms with Crippen molar-refractivity contribution >= 4 is 35.1 Å². The molecule has 2 rings (SSSR count). The standard InChI is InChI=1S/C17H14ClN3O6/c1-10-6-7-11(8-14(10)21(25)26)17(24)27-9-15(22)19-20-16(23)12-4-2-3-5-13(12)18/h2-8H,9H2,1H3,(H,19,22)(H,20,23). The van der Waals surface area contributed by atoms with E-state index in [2.05, 4.69) is 10.9 Å². The molecular weight excluding hydrogens is 378 g/mol. The Kier molecular flexibility index (Phi) is 6.45. The maximum absolute atomic E-state index is 11.9. The number of aryl methyl sites for hydroxylation is 1. The van der Waals surface area contributed by atoms with Crippen molar-refractivity contribution in [1.29, 1.82) is 0 Å². The molecule has 2 N–H and O–H groups in total. The van der Waals surface area contributed by atoms with Gasteiger partial charge in [-0.2, -0.15) is 0 Å². The zero-order valence-corrected chi connectivity index (χ0v) is 14.8. The second kappa shape index (κ2) is 8.77. The van der Waals surface area contributed by atoms with Crippen LogP contribution in [0.4, 0.5) is 5.69 Å². The number of hydrogen-bond donors (Lipinski definition) is 2. The van der Waals surface area contributed by atoms with E-state index in [4.69, 9.17) is 16.3 Å². The normalized spacial score (nSPS) is 10.0. The molecule has 0 atom stereocenters. The zero-order valence-electron chi connectivity index (χ0n) is 14.0. The first-order chi connectivity index (χ1) is 12.8. The van der Waals surface area contributed by atoms with Gasteiger partial charge in [0.25, 0.3) is 17.5 Å². The van der Waals surface area contributed by atoms with E-state index in [1.54, 1.807) is 12.1 Å². The molecule has 27 heavy (non-hydrogen) atoms. The molecule has 0 saturated heterocycles. The molecule has 0 saturated carbocycles. The average Bonchev–Trinajstić information content (AvgIpc) is 2.64. The van der Waals surface area contributed by atoms with Gasteiger partial charge in [0.05, 0.1) is 21.1 Å². The number of halogens is 1. The van der Waals surface area contributed by atoms with Crippen molar-refractivity contribution in [3.05, 3.63) is 74.3 Å². The predicted octanol–water partition coefficient (Wildman–Crippen LogP) is 2.17. The summed E-state index contributed by atoms with van der Waals surface area (Å²) < 4.78 is 4.78. The molecule has 10 heteroatoms. The Morgan fingerprint density at radius 1 is 1.15 bits per heavy atom. The molecule has 0 heterocycles. The highest BCUT2D eigenvalue weighted by molar-refractivity contribution is 6.33. The zero-order chi connectivity index (χ0) is 20.0. The maximum atomic E-state index is 11.9. The summed E-state index contributed by atoms with van der Waals surface area (Å²) in [4.78, 5) is 45.7. The van der Waals surface area contributed by atoms with Crippen molar-refractivity contribution in [2.45, 2.75) is 6.92 Å². The number of hydrogen-bond acceptors (Lipinski definition) is 6. The lowest BCUT2D eigenvalue weighted by atomic mass is 10.1. The molecule has 0 spiro atoms. The molecule has 0 bridgehead atoms. The Morgan fingerprint density at radius 2 is 1.85 bits per heavy atom. The summed E-state index contributed by atoms with van der Waals surface area (Å²) in [7, 11) is 0. The third-order valence-electron chi connectivity index (χ3n) is 3.41. The van der Waals surface area contributed by atoms with E-state index < -0.39 is 29.3 Å². The molecule has 0 aromatic heterocycles. The summed E-state index contributed by atoms with van der Waals surface area (Å²) in [6.07, 6.45) is 0. The fourth-order valence-electron chi connectivity index (χ4n) is 2.02. The van der Waals surface area contributed by atoms with Crippen molar-refractivity contribution in [2.24, 2.45) is 0 Å². The van der Waals surface area contributed by atoms with Gasteiger partial charge in [-0.15, -0.1) is 0 Å². The summed E-state index contributed by atoms with van der Waals surface area (Å²) in [5.74, 6) is -2.36. The van der Waals surface area contributed by atoms with Crippen molar-refractivity contribution in [2.75, 3.05) is 6.61 Å². The molecule has 140 valence electrons. The number of nitro benzene ring substituents is 1. The molecule has 2 amide bonds. The minimum absolute atomic E-state index is 0.0693. The van der Waals surface area contributed by atoms with Crippen LogP contribution in [0.15, 0.2) is 42.5 Å². The quantitative estimate of drug-likeness (QED) is 0.456. The first-order valence-electron chi connectivity index (χ1n) is 7.55. The monoisotopic (exact) mass is 391 g/mol. The van der Waals surface area contributed by atoms with Crippen LogP contribution in [-0.4, -0.2) is 29.3 Å².